The quantitative estimate of drug-likeness (QED) is 0.506. The number of nitrogens with one attached hydrogen (secondary N) is 2. The van der Waals surface area contributed by atoms with Crippen LogP contribution in [0.3, 0.4) is 0 Å². The Labute approximate surface area is 205 Å². The molecule has 1 aliphatic carbocycles. The summed E-state index contributed by atoms with van der Waals surface area (Å²) in [5, 5.41) is 15.0. The van der Waals surface area contributed by atoms with Gasteiger partial charge < -0.3 is 25.2 Å². The van der Waals surface area contributed by atoms with Crippen LogP contribution >= 0.6 is 0 Å². The Kier molecular flexibility index (Phi) is 7.40. The molecule has 2 aromatic carbocycles. The molecule has 3 N–H and O–H groups in total. The Morgan fingerprint density at radius 2 is 1.74 bits per heavy atom. The van der Waals surface area contributed by atoms with E-state index in [0.29, 0.717) is 13.0 Å². The second kappa shape index (κ2) is 10.5. The summed E-state index contributed by atoms with van der Waals surface area (Å²) < 4.78 is 10.8. The number of hydrogen-bond acceptors (Lipinski definition) is 5. The average molecular weight is 481 g/mol. The fourth-order valence-electron chi connectivity index (χ4n) is 4.83. The number of alkyl carbamates (subject to hydrolysis) is 1. The van der Waals surface area contributed by atoms with Crippen LogP contribution in [-0.4, -0.2) is 55.5 Å². The molecule has 1 aliphatic heterocycles. The van der Waals surface area contributed by atoms with Gasteiger partial charge in [-0.1, -0.05) is 55.5 Å². The minimum Gasteiger partial charge on any atom is -0.481 e. The standard InChI is InChI=1S/C27H32N2O6/c1-17(13-24(30)29-23-15-34-16-27(23,2)25(31)32)11-12-28-26(33)35-14-22-20-9-5-3-7-18(20)19-8-4-6-10-21(19)22/h3-10,17,22-23H,11-16H2,1-2H3,(H,28,33)(H,29,30)(H,31,32). The van der Waals surface area contributed by atoms with E-state index in [2.05, 4.69) is 34.9 Å². The van der Waals surface area contributed by atoms with Crippen LogP contribution in [0.5, 0.6) is 0 Å². The first kappa shape index (κ1) is 24.7. The third-order valence-electron chi connectivity index (χ3n) is 7.06. The molecule has 8 nitrogen and oxygen atoms in total. The molecule has 186 valence electrons. The zero-order chi connectivity index (χ0) is 25.0. The number of hydrogen-bond donors (Lipinski definition) is 3. The molecule has 3 atom stereocenters. The molecule has 2 aromatic rings. The van der Waals surface area contributed by atoms with E-state index in [4.69, 9.17) is 9.47 Å². The third kappa shape index (κ3) is 5.32. The number of amides is 2. The van der Waals surface area contributed by atoms with Crippen LogP contribution in [0.25, 0.3) is 11.1 Å². The lowest BCUT2D eigenvalue weighted by atomic mass is 9.85. The maximum absolute atomic E-state index is 12.4. The highest BCUT2D eigenvalue weighted by molar-refractivity contribution is 5.81. The van der Waals surface area contributed by atoms with Crippen molar-refractivity contribution in [3.8, 4) is 11.1 Å². The second-order valence-electron chi connectivity index (χ2n) is 9.71. The SMILES string of the molecule is CC(CCNC(=O)OCC1c2ccccc2-c2ccccc21)CC(=O)NC1COCC1(C)C(=O)O. The van der Waals surface area contributed by atoms with Crippen molar-refractivity contribution in [2.24, 2.45) is 11.3 Å². The highest BCUT2D eigenvalue weighted by Crippen LogP contribution is 2.44. The highest BCUT2D eigenvalue weighted by atomic mass is 16.5. The maximum Gasteiger partial charge on any atom is 0.407 e. The van der Waals surface area contributed by atoms with E-state index in [1.165, 1.54) is 11.1 Å². The normalized spacial score (nSPS) is 21.6. The number of aliphatic carboxylic acids is 1. The van der Waals surface area contributed by atoms with Gasteiger partial charge in [0.2, 0.25) is 5.91 Å². The Morgan fingerprint density at radius 1 is 1.11 bits per heavy atom. The van der Waals surface area contributed by atoms with Crippen molar-refractivity contribution >= 4 is 18.0 Å². The number of rotatable bonds is 9. The van der Waals surface area contributed by atoms with Gasteiger partial charge in [-0.3, -0.25) is 9.59 Å². The Balaban J connectivity index is 1.20. The number of benzene rings is 2. The molecule has 8 heteroatoms. The van der Waals surface area contributed by atoms with Gasteiger partial charge in [0.25, 0.3) is 0 Å². The van der Waals surface area contributed by atoms with Crippen molar-refractivity contribution < 1.29 is 29.0 Å². The first-order chi connectivity index (χ1) is 16.8. The molecule has 0 radical (unpaired) electrons. The fourth-order valence-corrected chi connectivity index (χ4v) is 4.83. The van der Waals surface area contributed by atoms with Gasteiger partial charge >= 0.3 is 12.1 Å². The Bertz CT molecular complexity index is 1060. The van der Waals surface area contributed by atoms with Crippen LogP contribution < -0.4 is 10.6 Å². The summed E-state index contributed by atoms with van der Waals surface area (Å²) in [4.78, 5) is 36.2. The summed E-state index contributed by atoms with van der Waals surface area (Å²) in [6.07, 6.45) is 0.344. The van der Waals surface area contributed by atoms with E-state index in [1.54, 1.807) is 6.92 Å². The molecule has 2 aliphatic rings. The van der Waals surface area contributed by atoms with Gasteiger partial charge in [0.05, 0.1) is 19.3 Å². The molecule has 1 fully saturated rings. The van der Waals surface area contributed by atoms with E-state index in [0.717, 1.165) is 11.1 Å². The number of carboxylic acids is 1. The number of carboxylic acid groups (broad SMARTS) is 1. The van der Waals surface area contributed by atoms with Crippen LogP contribution in [0.1, 0.15) is 43.7 Å². The fraction of sp³-hybridized carbons (Fsp3) is 0.444. The minimum atomic E-state index is -1.12. The molecular formula is C27H32N2O6. The molecule has 2 amide bonds. The van der Waals surface area contributed by atoms with Gasteiger partial charge in [0.15, 0.2) is 0 Å². The van der Waals surface area contributed by atoms with Crippen molar-refractivity contribution in [3.63, 3.8) is 0 Å². The topological polar surface area (TPSA) is 114 Å². The van der Waals surface area contributed by atoms with Crippen molar-refractivity contribution in [1.29, 1.82) is 0 Å². The van der Waals surface area contributed by atoms with Gasteiger partial charge in [-0.2, -0.15) is 0 Å². The largest absolute Gasteiger partial charge is 0.481 e. The first-order valence-corrected chi connectivity index (χ1v) is 12.0. The molecule has 0 bridgehead atoms. The van der Waals surface area contributed by atoms with Crippen molar-refractivity contribution in [3.05, 3.63) is 59.7 Å². The van der Waals surface area contributed by atoms with E-state index >= 15 is 0 Å². The lowest BCUT2D eigenvalue weighted by Crippen LogP contribution is -2.49. The number of ether oxygens (including phenoxy) is 2. The van der Waals surface area contributed by atoms with Crippen LogP contribution in [-0.2, 0) is 19.1 Å². The van der Waals surface area contributed by atoms with Gasteiger partial charge in [-0.25, -0.2) is 4.79 Å². The number of fused-ring (bicyclic) bond motifs is 3. The summed E-state index contributed by atoms with van der Waals surface area (Å²) in [5.74, 6) is -1.20. The average Bonchev–Trinajstić information content (AvgIpc) is 3.36. The van der Waals surface area contributed by atoms with E-state index in [9.17, 15) is 19.5 Å². The van der Waals surface area contributed by atoms with Crippen LogP contribution in [0.4, 0.5) is 4.79 Å². The van der Waals surface area contributed by atoms with Crippen LogP contribution in [0, 0.1) is 11.3 Å². The number of carbonyl (C=O) groups is 3. The van der Waals surface area contributed by atoms with E-state index < -0.39 is 23.5 Å². The predicted octanol–water partition coefficient (Wildman–Crippen LogP) is 3.55. The smallest absolute Gasteiger partial charge is 0.407 e. The van der Waals surface area contributed by atoms with Crippen LogP contribution in [0.2, 0.25) is 0 Å². The Hall–Kier alpha value is -3.39. The molecule has 35 heavy (non-hydrogen) atoms. The second-order valence-corrected chi connectivity index (χ2v) is 9.71. The predicted molar refractivity (Wildman–Crippen MR) is 130 cm³/mol. The maximum atomic E-state index is 12.4. The van der Waals surface area contributed by atoms with Gasteiger partial charge in [-0.15, -0.1) is 0 Å². The molecule has 3 unspecified atom stereocenters. The summed E-state index contributed by atoms with van der Waals surface area (Å²) in [5.41, 5.74) is 3.56. The first-order valence-electron chi connectivity index (χ1n) is 12.0. The van der Waals surface area contributed by atoms with Gasteiger partial charge in [-0.05, 0) is 41.5 Å². The molecular weight excluding hydrogens is 448 g/mol. The molecule has 0 aromatic heterocycles. The van der Waals surface area contributed by atoms with Crippen LogP contribution in [0.15, 0.2) is 48.5 Å². The summed E-state index contributed by atoms with van der Waals surface area (Å²) in [7, 11) is 0. The lowest BCUT2D eigenvalue weighted by Gasteiger charge is -2.26. The van der Waals surface area contributed by atoms with E-state index in [1.807, 2.05) is 31.2 Å². The van der Waals surface area contributed by atoms with Crippen molar-refractivity contribution in [1.82, 2.24) is 10.6 Å². The van der Waals surface area contributed by atoms with Crippen molar-refractivity contribution in [2.75, 3.05) is 26.4 Å². The highest BCUT2D eigenvalue weighted by Gasteiger charge is 2.47. The summed E-state index contributed by atoms with van der Waals surface area (Å²) in [6.45, 7) is 4.39. The summed E-state index contributed by atoms with van der Waals surface area (Å²) in [6, 6.07) is 15.8. The lowest BCUT2D eigenvalue weighted by molar-refractivity contribution is -0.149. The van der Waals surface area contributed by atoms with Crippen molar-refractivity contribution in [2.45, 2.75) is 38.6 Å². The molecule has 1 heterocycles. The molecule has 0 spiro atoms. The Morgan fingerprint density at radius 3 is 2.37 bits per heavy atom. The zero-order valence-corrected chi connectivity index (χ0v) is 20.1. The third-order valence-corrected chi connectivity index (χ3v) is 7.06. The molecule has 1 saturated heterocycles. The molecule has 4 rings (SSSR count). The number of carbonyl (C=O) groups excluding carboxylic acids is 2. The van der Waals surface area contributed by atoms with Gasteiger partial charge in [0.1, 0.15) is 12.0 Å². The zero-order valence-electron chi connectivity index (χ0n) is 20.1. The minimum absolute atomic E-state index is 0.00212. The van der Waals surface area contributed by atoms with E-state index in [-0.39, 0.29) is 44.0 Å². The monoisotopic (exact) mass is 480 g/mol. The summed E-state index contributed by atoms with van der Waals surface area (Å²) >= 11 is 0. The van der Waals surface area contributed by atoms with Gasteiger partial charge in [0, 0.05) is 18.9 Å². The molecule has 0 saturated carbocycles.